The molecule has 5 nitrogen and oxygen atoms in total. The van der Waals surface area contributed by atoms with Crippen molar-refractivity contribution in [3.63, 3.8) is 0 Å². The van der Waals surface area contributed by atoms with Crippen molar-refractivity contribution in [3.05, 3.63) is 45.8 Å². The summed E-state index contributed by atoms with van der Waals surface area (Å²) in [5, 5.41) is 12.7. The predicted molar refractivity (Wildman–Crippen MR) is 77.2 cm³/mol. The molecule has 2 aromatic rings. The summed E-state index contributed by atoms with van der Waals surface area (Å²) in [6, 6.07) is 8.52. The molecule has 1 N–H and O–H groups in total. The molecule has 102 valence electrons. The lowest BCUT2D eigenvalue weighted by Crippen LogP contribution is -2.02. The summed E-state index contributed by atoms with van der Waals surface area (Å²) in [5.41, 5.74) is 1.07. The number of nitrogens with zero attached hydrogens (tertiary/aromatic N) is 3. The molecule has 0 atom stereocenters. The Bertz CT molecular complexity index is 670. The number of ether oxygens (including phenoxy) is 1. The van der Waals surface area contributed by atoms with Gasteiger partial charge in [-0.15, -0.1) is 0 Å². The van der Waals surface area contributed by atoms with Gasteiger partial charge in [0.05, 0.1) is 22.3 Å². The molecule has 0 aliphatic carbocycles. The molecule has 0 spiro atoms. The second-order valence-electron chi connectivity index (χ2n) is 3.86. The normalized spacial score (nSPS) is 10.1. The number of benzene rings is 1. The smallest absolute Gasteiger partial charge is 0.158 e. The molecule has 0 bridgehead atoms. The summed E-state index contributed by atoms with van der Waals surface area (Å²) < 4.78 is 4.97. The molecular formula is C13H10Cl2N4O. The van der Waals surface area contributed by atoms with Gasteiger partial charge in [-0.3, -0.25) is 0 Å². The van der Waals surface area contributed by atoms with Crippen LogP contribution in [0.2, 0.25) is 10.2 Å². The van der Waals surface area contributed by atoms with Gasteiger partial charge in [0.1, 0.15) is 17.6 Å². The quantitative estimate of drug-likeness (QED) is 0.875. The van der Waals surface area contributed by atoms with E-state index in [-0.39, 0.29) is 6.61 Å². The van der Waals surface area contributed by atoms with Crippen LogP contribution in [0.25, 0.3) is 0 Å². The van der Waals surface area contributed by atoms with Crippen LogP contribution in [0.15, 0.2) is 24.3 Å². The van der Waals surface area contributed by atoms with Gasteiger partial charge in [-0.1, -0.05) is 23.2 Å². The van der Waals surface area contributed by atoms with E-state index in [1.165, 1.54) is 0 Å². The van der Waals surface area contributed by atoms with Crippen molar-refractivity contribution in [2.75, 3.05) is 12.4 Å². The molecule has 2 rings (SSSR count). The Kier molecular flexibility index (Phi) is 4.74. The lowest BCUT2D eigenvalue weighted by Gasteiger charge is -2.09. The van der Waals surface area contributed by atoms with E-state index in [9.17, 15) is 0 Å². The van der Waals surface area contributed by atoms with Crippen LogP contribution in [0.5, 0.6) is 0 Å². The van der Waals surface area contributed by atoms with Gasteiger partial charge < -0.3 is 10.1 Å². The first-order valence-corrected chi connectivity index (χ1v) is 6.37. The Balaban J connectivity index is 2.32. The number of nitrogens with one attached hydrogen (secondary N) is 1. The zero-order valence-corrected chi connectivity index (χ0v) is 12.0. The number of anilines is 2. The molecule has 0 amide bonds. The summed E-state index contributed by atoms with van der Waals surface area (Å²) in [6.07, 6.45) is 0. The predicted octanol–water partition coefficient (Wildman–Crippen LogP) is 3.55. The maximum atomic E-state index is 8.89. The van der Waals surface area contributed by atoms with E-state index >= 15 is 0 Å². The minimum Gasteiger partial charge on any atom is -0.377 e. The van der Waals surface area contributed by atoms with Crippen LogP contribution in [-0.2, 0) is 11.3 Å². The number of hydrogen-bond acceptors (Lipinski definition) is 5. The van der Waals surface area contributed by atoms with Crippen LogP contribution >= 0.6 is 23.2 Å². The minimum absolute atomic E-state index is 0.251. The Morgan fingerprint density at radius 3 is 2.80 bits per heavy atom. The summed E-state index contributed by atoms with van der Waals surface area (Å²) >= 11 is 12.0. The third-order valence-electron chi connectivity index (χ3n) is 2.37. The van der Waals surface area contributed by atoms with Crippen LogP contribution in [-0.4, -0.2) is 17.1 Å². The first-order valence-electron chi connectivity index (χ1n) is 5.61. The van der Waals surface area contributed by atoms with E-state index in [2.05, 4.69) is 15.3 Å². The third kappa shape index (κ3) is 3.58. The van der Waals surface area contributed by atoms with Gasteiger partial charge in [-0.25, -0.2) is 9.97 Å². The van der Waals surface area contributed by atoms with Crippen molar-refractivity contribution in [1.82, 2.24) is 9.97 Å². The molecule has 7 heteroatoms. The lowest BCUT2D eigenvalue weighted by atomic mass is 10.2. The number of hydrogen-bond donors (Lipinski definition) is 1. The molecule has 0 radical (unpaired) electrons. The van der Waals surface area contributed by atoms with Crippen molar-refractivity contribution >= 4 is 34.7 Å². The Labute approximate surface area is 126 Å². The van der Waals surface area contributed by atoms with Crippen LogP contribution in [0.4, 0.5) is 11.5 Å². The van der Waals surface area contributed by atoms with Gasteiger partial charge >= 0.3 is 0 Å². The van der Waals surface area contributed by atoms with E-state index in [4.69, 9.17) is 33.2 Å². The molecule has 1 aromatic carbocycles. The Morgan fingerprint density at radius 2 is 2.10 bits per heavy atom. The summed E-state index contributed by atoms with van der Waals surface area (Å²) in [4.78, 5) is 8.27. The van der Waals surface area contributed by atoms with Gasteiger partial charge in [0.25, 0.3) is 0 Å². The lowest BCUT2D eigenvalue weighted by molar-refractivity contribution is 0.178. The topological polar surface area (TPSA) is 70.8 Å². The van der Waals surface area contributed by atoms with E-state index in [1.807, 2.05) is 6.07 Å². The first-order chi connectivity index (χ1) is 9.62. The highest BCUT2D eigenvalue weighted by atomic mass is 35.5. The average molecular weight is 309 g/mol. The second kappa shape index (κ2) is 6.53. The van der Waals surface area contributed by atoms with Crippen LogP contribution in [0, 0.1) is 11.3 Å². The van der Waals surface area contributed by atoms with E-state index in [0.717, 1.165) is 0 Å². The molecule has 0 saturated carbocycles. The highest BCUT2D eigenvalue weighted by molar-refractivity contribution is 6.33. The van der Waals surface area contributed by atoms with Gasteiger partial charge in [0.15, 0.2) is 5.82 Å². The van der Waals surface area contributed by atoms with E-state index in [1.54, 1.807) is 31.4 Å². The summed E-state index contributed by atoms with van der Waals surface area (Å²) in [6.45, 7) is 0.251. The van der Waals surface area contributed by atoms with Gasteiger partial charge in [0, 0.05) is 13.2 Å². The fourth-order valence-electron chi connectivity index (χ4n) is 1.55. The van der Waals surface area contributed by atoms with Gasteiger partial charge in [-0.05, 0) is 18.2 Å². The fraction of sp³-hybridized carbons (Fsp3) is 0.154. The number of methoxy groups -OCH3 is 1. The molecule has 0 aliphatic rings. The fourth-order valence-corrected chi connectivity index (χ4v) is 1.92. The number of aromatic nitrogens is 2. The van der Waals surface area contributed by atoms with Gasteiger partial charge in [-0.2, -0.15) is 5.26 Å². The SMILES string of the molecule is COCc1nc(Cl)cc(Nc2cc(C#N)ccc2Cl)n1. The molecule has 0 saturated heterocycles. The highest BCUT2D eigenvalue weighted by Gasteiger charge is 2.07. The van der Waals surface area contributed by atoms with Crippen molar-refractivity contribution in [2.45, 2.75) is 6.61 Å². The average Bonchev–Trinajstić information content (AvgIpc) is 2.41. The maximum absolute atomic E-state index is 8.89. The molecule has 20 heavy (non-hydrogen) atoms. The summed E-state index contributed by atoms with van der Waals surface area (Å²) in [7, 11) is 1.55. The molecule has 0 fully saturated rings. The monoisotopic (exact) mass is 308 g/mol. The molecule has 0 unspecified atom stereocenters. The van der Waals surface area contributed by atoms with Crippen molar-refractivity contribution < 1.29 is 4.74 Å². The number of nitriles is 1. The van der Waals surface area contributed by atoms with Crippen LogP contribution in [0.1, 0.15) is 11.4 Å². The second-order valence-corrected chi connectivity index (χ2v) is 4.65. The highest BCUT2D eigenvalue weighted by Crippen LogP contribution is 2.26. The standard InChI is InChI=1S/C13H10Cl2N4O/c1-20-7-13-18-11(15)5-12(19-13)17-10-4-8(6-16)2-3-9(10)14/h2-5H,7H2,1H3,(H,17,18,19). The van der Waals surface area contributed by atoms with Crippen molar-refractivity contribution in [2.24, 2.45) is 0 Å². The number of rotatable bonds is 4. The zero-order chi connectivity index (χ0) is 14.5. The maximum Gasteiger partial charge on any atom is 0.158 e. The minimum atomic E-state index is 0.251. The molecular weight excluding hydrogens is 299 g/mol. The molecule has 0 aliphatic heterocycles. The summed E-state index contributed by atoms with van der Waals surface area (Å²) in [5.74, 6) is 0.934. The largest absolute Gasteiger partial charge is 0.377 e. The zero-order valence-electron chi connectivity index (χ0n) is 10.5. The van der Waals surface area contributed by atoms with Crippen molar-refractivity contribution in [3.8, 4) is 6.07 Å². The van der Waals surface area contributed by atoms with E-state index < -0.39 is 0 Å². The first kappa shape index (κ1) is 14.5. The van der Waals surface area contributed by atoms with Gasteiger partial charge in [0.2, 0.25) is 0 Å². The molecule has 1 aromatic heterocycles. The Morgan fingerprint density at radius 1 is 1.30 bits per heavy atom. The number of halogens is 2. The van der Waals surface area contributed by atoms with Crippen LogP contribution < -0.4 is 5.32 Å². The third-order valence-corrected chi connectivity index (χ3v) is 2.90. The Hall–Kier alpha value is -1.87. The van der Waals surface area contributed by atoms with E-state index in [0.29, 0.717) is 33.1 Å². The molecule has 1 heterocycles. The van der Waals surface area contributed by atoms with Crippen LogP contribution in [0.3, 0.4) is 0 Å². The van der Waals surface area contributed by atoms with Crippen molar-refractivity contribution in [1.29, 1.82) is 5.26 Å².